The summed E-state index contributed by atoms with van der Waals surface area (Å²) in [5.74, 6) is 3.06. The molecule has 3 heterocycles. The molecule has 0 aliphatic rings. The average Bonchev–Trinajstić information content (AvgIpc) is 1.63. The molecule has 15 rings (SSSR count). The molecule has 6 N–H and O–H groups in total. The van der Waals surface area contributed by atoms with Crippen LogP contribution in [0, 0.1) is 13.8 Å². The van der Waals surface area contributed by atoms with Crippen molar-refractivity contribution in [3.63, 3.8) is 0 Å². The molecule has 12 aromatic carbocycles. The lowest BCUT2D eigenvalue weighted by Crippen LogP contribution is -2.12. The van der Waals surface area contributed by atoms with Gasteiger partial charge in [-0.25, -0.2) is 15.0 Å². The van der Waals surface area contributed by atoms with Gasteiger partial charge in [-0.15, -0.1) is 0 Å². The van der Waals surface area contributed by atoms with Crippen LogP contribution in [0.1, 0.15) is 97.4 Å². The Kier molecular flexibility index (Phi) is 37.3. The van der Waals surface area contributed by atoms with Gasteiger partial charge in [0.2, 0.25) is 0 Å². The van der Waals surface area contributed by atoms with E-state index in [4.69, 9.17) is 60.6 Å². The standard InChI is InChI=1S/C38H41N3O3.C36H35Br2N3O3.C36H37N3O3/c1-28-24-29(2)26-34(25-28)38-40-36(32-10-5-3-6-11-32)37(33-12-7-4-8-13-33)41(38)27-30-15-17-31(18-16-30)35(42)14-9-20-43-22-23-44-21-19-39;37-31-16-12-28(13-17-31)34-35(29-14-18-32(38)19-15-29)41(36(40-34)30-5-2-1-3-6-30)25-26-8-10-27(11-9-26)33(42)7-4-21-43-23-24-44-22-20-39;37-22-24-42-26-25-41-23-10-17-33(40)29-20-18-28(19-21-29)27-39-35(31-13-6-2-7-14-31)34(30-11-4-1-5-12-30)38-36(39)32-15-8-3-9-16-32/h3-8,10-13,15-18,24-26H,9,14,19-23,27,39H2,1-2H3;1-3,5-6,8-19H,4,7,20-25,39H2;1-9,11-16,18-21H,10,17,22-27,37H2. The number of imidazole rings is 3. The number of Topliss-reactive ketones (excluding diaryl/α,β-unsaturated/α-hetero) is 3. The van der Waals surface area contributed by atoms with Crippen molar-refractivity contribution in [2.75, 3.05) is 98.9 Å². The van der Waals surface area contributed by atoms with Crippen LogP contribution in [-0.4, -0.2) is 145 Å². The number of rotatable bonds is 45. The summed E-state index contributed by atoms with van der Waals surface area (Å²) in [6.45, 7) is 13.9. The zero-order valence-corrected chi connectivity index (χ0v) is 77.1. The van der Waals surface area contributed by atoms with Crippen molar-refractivity contribution in [3.8, 4) is 102 Å². The second-order valence-electron chi connectivity index (χ2n) is 31.5. The maximum Gasteiger partial charge on any atom is 0.162 e. The lowest BCUT2D eigenvalue weighted by molar-refractivity contribution is 0.0489. The van der Waals surface area contributed by atoms with Crippen molar-refractivity contribution in [2.45, 2.75) is 72.0 Å². The average molecular weight is 1860 g/mol. The van der Waals surface area contributed by atoms with Crippen LogP contribution < -0.4 is 17.2 Å². The number of hydrogen-bond acceptors (Lipinski definition) is 15. The Morgan fingerprint density at radius 3 is 0.792 bits per heavy atom. The molecule has 0 saturated carbocycles. The molecule has 0 radical (unpaired) electrons. The topological polar surface area (TPSA) is 238 Å². The lowest BCUT2D eigenvalue weighted by atomic mass is 10.0. The zero-order valence-electron chi connectivity index (χ0n) is 73.9. The van der Waals surface area contributed by atoms with E-state index in [0.717, 1.165) is 127 Å². The molecule has 0 amide bonds. The molecular weight excluding hydrogens is 1750 g/mol. The first-order valence-electron chi connectivity index (χ1n) is 44.5. The maximum atomic E-state index is 12.9. The van der Waals surface area contributed by atoms with Crippen molar-refractivity contribution in [1.82, 2.24) is 28.7 Å². The van der Waals surface area contributed by atoms with Gasteiger partial charge in [0.25, 0.3) is 0 Å². The Morgan fingerprint density at radius 1 is 0.269 bits per heavy atom. The third-order valence-corrected chi connectivity index (χ3v) is 22.8. The highest BCUT2D eigenvalue weighted by atomic mass is 79.9. The van der Waals surface area contributed by atoms with E-state index < -0.39 is 0 Å². The summed E-state index contributed by atoms with van der Waals surface area (Å²) in [5.41, 5.74) is 39.7. The van der Waals surface area contributed by atoms with Gasteiger partial charge in [-0.05, 0) is 86.2 Å². The quantitative estimate of drug-likeness (QED) is 0.0238. The zero-order chi connectivity index (χ0) is 90.4. The molecule has 0 saturated heterocycles. The number of ether oxygens (including phenoxy) is 6. The molecular formula is C110H113Br2N9O9. The van der Waals surface area contributed by atoms with Crippen LogP contribution in [0.15, 0.2) is 330 Å². The maximum absolute atomic E-state index is 12.9. The van der Waals surface area contributed by atoms with Gasteiger partial charge in [0.15, 0.2) is 17.3 Å². The number of ketones is 3. The summed E-state index contributed by atoms with van der Waals surface area (Å²) in [7, 11) is 0. The smallest absolute Gasteiger partial charge is 0.162 e. The van der Waals surface area contributed by atoms with Gasteiger partial charge < -0.3 is 59.3 Å². The van der Waals surface area contributed by atoms with Crippen molar-refractivity contribution >= 4 is 49.2 Å². The van der Waals surface area contributed by atoms with Gasteiger partial charge in [0.05, 0.1) is 93.6 Å². The van der Waals surface area contributed by atoms with Crippen LogP contribution in [0.4, 0.5) is 0 Å². The number of carbonyl (C=O) groups excluding carboxylic acids is 3. The number of nitrogens with zero attached hydrogens (tertiary/aromatic N) is 6. The Bertz CT molecular complexity index is 5970. The number of aromatic nitrogens is 6. The Morgan fingerprint density at radius 2 is 0.508 bits per heavy atom. The first kappa shape index (κ1) is 95.5. The van der Waals surface area contributed by atoms with E-state index in [1.807, 2.05) is 146 Å². The molecule has 0 spiro atoms. The number of carbonyl (C=O) groups is 3. The molecule has 0 aliphatic heterocycles. The predicted molar refractivity (Wildman–Crippen MR) is 530 cm³/mol. The minimum absolute atomic E-state index is 0.111. The summed E-state index contributed by atoms with van der Waals surface area (Å²) in [5, 5.41) is 0. The molecule has 130 heavy (non-hydrogen) atoms. The molecule has 15 aromatic rings. The fourth-order valence-electron chi connectivity index (χ4n) is 15.4. The first-order valence-corrected chi connectivity index (χ1v) is 46.1. The Balaban J connectivity index is 0.000000166. The number of halogens is 2. The van der Waals surface area contributed by atoms with Crippen molar-refractivity contribution < 1.29 is 42.8 Å². The van der Waals surface area contributed by atoms with Crippen molar-refractivity contribution in [3.05, 3.63) is 375 Å². The number of hydrogen-bond donors (Lipinski definition) is 3. The lowest BCUT2D eigenvalue weighted by Gasteiger charge is -2.15. The summed E-state index contributed by atoms with van der Waals surface area (Å²) >= 11 is 7.15. The van der Waals surface area contributed by atoms with E-state index in [2.05, 4.69) is 235 Å². The molecule has 0 aliphatic carbocycles. The second kappa shape index (κ2) is 50.7. The molecule has 0 unspecified atom stereocenters. The van der Waals surface area contributed by atoms with Crippen LogP contribution in [-0.2, 0) is 48.1 Å². The monoisotopic (exact) mass is 1860 g/mol. The molecule has 666 valence electrons. The summed E-state index contributed by atoms with van der Waals surface area (Å²) < 4.78 is 41.5. The fraction of sp³-hybridized carbons (Fsp3) is 0.236. The summed E-state index contributed by atoms with van der Waals surface area (Å²) in [4.78, 5) is 54.3. The first-order chi connectivity index (χ1) is 63.8. The van der Waals surface area contributed by atoms with Gasteiger partial charge in [0.1, 0.15) is 17.5 Å². The van der Waals surface area contributed by atoms with Gasteiger partial charge in [-0.2, -0.15) is 0 Å². The molecule has 0 fully saturated rings. The van der Waals surface area contributed by atoms with E-state index in [1.165, 1.54) is 11.1 Å². The van der Waals surface area contributed by atoms with Crippen LogP contribution in [0.25, 0.3) is 102 Å². The minimum Gasteiger partial charge on any atom is -0.379 e. The van der Waals surface area contributed by atoms with Gasteiger partial charge >= 0.3 is 0 Å². The highest BCUT2D eigenvalue weighted by Gasteiger charge is 2.27. The molecule has 20 heteroatoms. The molecule has 18 nitrogen and oxygen atoms in total. The molecule has 0 bridgehead atoms. The summed E-state index contributed by atoms with van der Waals surface area (Å²) in [6, 6.07) is 109. The van der Waals surface area contributed by atoms with Crippen molar-refractivity contribution in [2.24, 2.45) is 17.2 Å². The van der Waals surface area contributed by atoms with Gasteiger partial charge in [0, 0.05) is 154 Å². The second-order valence-corrected chi connectivity index (χ2v) is 33.3. The summed E-state index contributed by atoms with van der Waals surface area (Å²) in [6.07, 6.45) is 3.35. The van der Waals surface area contributed by atoms with E-state index in [1.54, 1.807) is 0 Å². The van der Waals surface area contributed by atoms with Crippen LogP contribution in [0.5, 0.6) is 0 Å². The third-order valence-electron chi connectivity index (χ3n) is 21.7. The van der Waals surface area contributed by atoms with Gasteiger partial charge in [-0.3, -0.25) is 14.4 Å². The third kappa shape index (κ3) is 27.5. The Hall–Kier alpha value is -12.1. The van der Waals surface area contributed by atoms with Gasteiger partial charge in [-0.1, -0.05) is 328 Å². The van der Waals surface area contributed by atoms with E-state index in [0.29, 0.717) is 174 Å². The van der Waals surface area contributed by atoms with E-state index in [9.17, 15) is 14.4 Å². The van der Waals surface area contributed by atoms with E-state index in [-0.39, 0.29) is 17.3 Å². The van der Waals surface area contributed by atoms with Crippen molar-refractivity contribution in [1.29, 1.82) is 0 Å². The number of aryl methyl sites for hydroxylation is 2. The highest BCUT2D eigenvalue weighted by molar-refractivity contribution is 9.10. The highest BCUT2D eigenvalue weighted by Crippen LogP contribution is 2.42. The van der Waals surface area contributed by atoms with Crippen LogP contribution >= 0.6 is 31.9 Å². The SMILES string of the molecule is Cc1cc(C)cc(-c2nc(-c3ccccc3)c(-c3ccccc3)n2Cc2ccc(C(=O)CCCOCCOCCN)cc2)c1.NCCOCCOCCCC(=O)c1ccc(Cn2c(-c3ccccc3)nc(-c3ccc(Br)cc3)c2-c2ccc(Br)cc2)cc1.NCCOCCOCCCC(=O)c1ccc(Cn2c(-c3ccccc3)nc(-c3ccccc3)c2-c2ccccc2)cc1. The minimum atomic E-state index is 0.111. The molecule has 0 atom stereocenters. The number of benzene rings is 12. The largest absolute Gasteiger partial charge is 0.379 e. The molecule has 3 aromatic heterocycles. The normalized spacial score (nSPS) is 11.1. The van der Waals surface area contributed by atoms with E-state index >= 15 is 0 Å². The Labute approximate surface area is 780 Å². The predicted octanol–water partition coefficient (Wildman–Crippen LogP) is 22.8. The van der Waals surface area contributed by atoms with Crippen LogP contribution in [0.3, 0.4) is 0 Å². The fourth-order valence-corrected chi connectivity index (χ4v) is 16.0. The van der Waals surface area contributed by atoms with Crippen LogP contribution in [0.2, 0.25) is 0 Å². The number of nitrogens with two attached hydrogens (primary N) is 3.